The van der Waals surface area contributed by atoms with Crippen LogP contribution in [0.5, 0.6) is 0 Å². The number of unbranched alkanes of at least 4 members (excludes halogenated alkanes) is 3. The van der Waals surface area contributed by atoms with Gasteiger partial charge < -0.3 is 0 Å². The Kier molecular flexibility index (Phi) is 18.2. The normalized spacial score (nSPS) is 9.86. The molecule has 0 unspecified atom stereocenters. The molecule has 0 saturated heterocycles. The highest BCUT2D eigenvalue weighted by molar-refractivity contribution is 4.52. The Morgan fingerprint density at radius 3 is 1.21 bits per heavy atom. The van der Waals surface area contributed by atoms with E-state index in [9.17, 15) is 0 Å². The van der Waals surface area contributed by atoms with E-state index in [-0.39, 0.29) is 0 Å². The third-order valence-corrected chi connectivity index (χ3v) is 2.60. The van der Waals surface area contributed by atoms with E-state index < -0.39 is 0 Å². The van der Waals surface area contributed by atoms with Gasteiger partial charge in [-0.2, -0.15) is 0 Å². The fraction of sp³-hybridized carbons (Fsp3) is 1.00. The van der Waals surface area contributed by atoms with Crippen LogP contribution in [0.1, 0.15) is 86.0 Å². The smallest absolute Gasteiger partial charge is 0.0443 e. The number of hydrogen-bond acceptors (Lipinski definition) is 0. The largest absolute Gasteiger partial charge is 0.0654 e. The summed E-state index contributed by atoms with van der Waals surface area (Å²) in [6.07, 6.45) is 11.1. The fourth-order valence-corrected chi connectivity index (χ4v) is 1.25. The van der Waals surface area contributed by atoms with Crippen LogP contribution >= 0.6 is 0 Å². The third-order valence-electron chi connectivity index (χ3n) is 2.60. The van der Waals surface area contributed by atoms with Gasteiger partial charge in [0, 0.05) is 0 Å². The second-order valence-corrected chi connectivity index (χ2v) is 4.39. The molecule has 0 aliphatic carbocycles. The molecule has 0 aromatic rings. The van der Waals surface area contributed by atoms with Crippen molar-refractivity contribution in [2.45, 2.75) is 86.0 Å². The fourth-order valence-electron chi connectivity index (χ4n) is 1.25. The van der Waals surface area contributed by atoms with E-state index in [0.29, 0.717) is 0 Å². The van der Waals surface area contributed by atoms with E-state index in [1.54, 1.807) is 0 Å². The Morgan fingerprint density at radius 2 is 1.00 bits per heavy atom. The highest BCUT2D eigenvalue weighted by atomic mass is 14.0. The first-order valence-corrected chi connectivity index (χ1v) is 6.72. The van der Waals surface area contributed by atoms with Gasteiger partial charge in [0.25, 0.3) is 0 Å². The number of rotatable bonds is 7. The first kappa shape index (κ1) is 16.4. The highest BCUT2D eigenvalue weighted by Gasteiger charge is 1.98. The van der Waals surface area contributed by atoms with Crippen molar-refractivity contribution >= 4 is 0 Å². The average molecular weight is 200 g/mol. The van der Waals surface area contributed by atoms with Gasteiger partial charge in [0.2, 0.25) is 0 Å². The molecule has 0 nitrogen and oxygen atoms in total. The third kappa shape index (κ3) is 17.9. The summed E-state index contributed by atoms with van der Waals surface area (Å²) in [5.74, 6) is 0.972. The Hall–Kier alpha value is 0. The van der Waals surface area contributed by atoms with E-state index in [1.165, 1.54) is 51.4 Å². The summed E-state index contributed by atoms with van der Waals surface area (Å²) in [5, 5.41) is 0. The molecular formula is C14H32. The zero-order valence-electron chi connectivity index (χ0n) is 11.2. The number of hydrogen-bond donors (Lipinski definition) is 0. The van der Waals surface area contributed by atoms with Crippen LogP contribution in [0.3, 0.4) is 0 Å². The van der Waals surface area contributed by atoms with Crippen LogP contribution in [0.2, 0.25) is 0 Å². The van der Waals surface area contributed by atoms with Crippen molar-refractivity contribution in [3.63, 3.8) is 0 Å². The van der Waals surface area contributed by atoms with Gasteiger partial charge in [0.1, 0.15) is 0 Å². The molecular weight excluding hydrogens is 168 g/mol. The van der Waals surface area contributed by atoms with Gasteiger partial charge >= 0.3 is 0 Å². The first-order chi connectivity index (χ1) is 6.72. The van der Waals surface area contributed by atoms with Crippen molar-refractivity contribution in [1.82, 2.24) is 0 Å². The second kappa shape index (κ2) is 15.5. The molecule has 14 heavy (non-hydrogen) atoms. The highest BCUT2D eigenvalue weighted by Crippen LogP contribution is 2.14. The van der Waals surface area contributed by atoms with Gasteiger partial charge in [0.05, 0.1) is 0 Å². The Bertz CT molecular complexity index is 66.1. The summed E-state index contributed by atoms with van der Waals surface area (Å²) >= 11 is 0. The summed E-state index contributed by atoms with van der Waals surface area (Å²) in [6.45, 7) is 11.3. The maximum absolute atomic E-state index is 2.38. The monoisotopic (exact) mass is 200 g/mol. The van der Waals surface area contributed by atoms with E-state index in [1.807, 2.05) is 0 Å². The van der Waals surface area contributed by atoms with Crippen molar-refractivity contribution in [2.75, 3.05) is 0 Å². The molecule has 88 valence electrons. The molecule has 0 fully saturated rings. The van der Waals surface area contributed by atoms with Crippen molar-refractivity contribution in [3.05, 3.63) is 0 Å². The molecule has 0 spiro atoms. The molecule has 0 aromatic heterocycles. The zero-order chi connectivity index (χ0) is 11.2. The minimum atomic E-state index is 0.972. The van der Waals surface area contributed by atoms with E-state index in [4.69, 9.17) is 0 Å². The van der Waals surface area contributed by atoms with E-state index >= 15 is 0 Å². The van der Waals surface area contributed by atoms with E-state index in [0.717, 1.165) is 5.92 Å². The molecule has 0 aromatic carbocycles. The van der Waals surface area contributed by atoms with Crippen LogP contribution in [0, 0.1) is 5.92 Å². The van der Waals surface area contributed by atoms with Crippen molar-refractivity contribution in [1.29, 1.82) is 0 Å². The zero-order valence-corrected chi connectivity index (χ0v) is 11.2. The molecule has 0 radical (unpaired) electrons. The van der Waals surface area contributed by atoms with Crippen LogP contribution in [0.4, 0.5) is 0 Å². The minimum absolute atomic E-state index is 0.972. The molecule has 0 amide bonds. The second-order valence-electron chi connectivity index (χ2n) is 4.39. The SMILES string of the molecule is CCCC.CCCCC(C)CCCC. The van der Waals surface area contributed by atoms with Crippen molar-refractivity contribution in [3.8, 4) is 0 Å². The van der Waals surface area contributed by atoms with Crippen LogP contribution in [0.25, 0.3) is 0 Å². The van der Waals surface area contributed by atoms with Gasteiger partial charge in [-0.15, -0.1) is 0 Å². The summed E-state index contributed by atoms with van der Waals surface area (Å²) in [5.41, 5.74) is 0. The maximum Gasteiger partial charge on any atom is -0.0443 e. The summed E-state index contributed by atoms with van der Waals surface area (Å²) in [4.78, 5) is 0. The lowest BCUT2D eigenvalue weighted by atomic mass is 9.98. The molecule has 0 aliphatic rings. The van der Waals surface area contributed by atoms with Crippen LogP contribution in [-0.2, 0) is 0 Å². The summed E-state index contributed by atoms with van der Waals surface area (Å²) in [6, 6.07) is 0. The van der Waals surface area contributed by atoms with E-state index in [2.05, 4.69) is 34.6 Å². The van der Waals surface area contributed by atoms with Crippen LogP contribution < -0.4 is 0 Å². The lowest BCUT2D eigenvalue weighted by Crippen LogP contribution is -1.93. The predicted molar refractivity (Wildman–Crippen MR) is 68.8 cm³/mol. The molecule has 0 rings (SSSR count). The topological polar surface area (TPSA) is 0 Å². The van der Waals surface area contributed by atoms with Gasteiger partial charge in [0.15, 0.2) is 0 Å². The molecule has 0 aliphatic heterocycles. The standard InChI is InChI=1S/C10H22.C4H10/c1-4-6-8-10(3)9-7-5-2;1-3-4-2/h10H,4-9H2,1-3H3;3-4H2,1-2H3. The van der Waals surface area contributed by atoms with Crippen LogP contribution in [0.15, 0.2) is 0 Å². The summed E-state index contributed by atoms with van der Waals surface area (Å²) in [7, 11) is 0. The Morgan fingerprint density at radius 1 is 0.643 bits per heavy atom. The van der Waals surface area contributed by atoms with Gasteiger partial charge in [-0.25, -0.2) is 0 Å². The molecule has 0 saturated carbocycles. The Balaban J connectivity index is 0. The minimum Gasteiger partial charge on any atom is -0.0654 e. The Labute approximate surface area is 92.5 Å². The van der Waals surface area contributed by atoms with Crippen molar-refractivity contribution < 1.29 is 0 Å². The molecule has 0 heterocycles. The van der Waals surface area contributed by atoms with Gasteiger partial charge in [-0.05, 0) is 5.92 Å². The predicted octanol–water partition coefficient (Wildman–Crippen LogP) is 5.81. The first-order valence-electron chi connectivity index (χ1n) is 6.72. The lowest BCUT2D eigenvalue weighted by molar-refractivity contribution is 0.454. The molecule has 0 bridgehead atoms. The van der Waals surface area contributed by atoms with Crippen LogP contribution in [-0.4, -0.2) is 0 Å². The maximum atomic E-state index is 2.38. The van der Waals surface area contributed by atoms with Crippen molar-refractivity contribution in [2.24, 2.45) is 5.92 Å². The van der Waals surface area contributed by atoms with Gasteiger partial charge in [-0.3, -0.25) is 0 Å². The average Bonchev–Trinajstić information content (AvgIpc) is 2.23. The quantitative estimate of drug-likeness (QED) is 0.486. The summed E-state index contributed by atoms with van der Waals surface area (Å²) < 4.78 is 0. The molecule has 0 atom stereocenters. The van der Waals surface area contributed by atoms with Gasteiger partial charge in [-0.1, -0.05) is 86.0 Å². The lowest BCUT2D eigenvalue weighted by Gasteiger charge is -2.08. The molecule has 0 N–H and O–H groups in total. The molecule has 0 heteroatoms.